The maximum absolute atomic E-state index is 12.7. The number of hydrogen-bond donors (Lipinski definition) is 1. The van der Waals surface area contributed by atoms with Gasteiger partial charge in [-0.2, -0.15) is 13.2 Å². The lowest BCUT2D eigenvalue weighted by Gasteiger charge is -2.15. The van der Waals surface area contributed by atoms with Crippen LogP contribution in [0.2, 0.25) is 0 Å². The van der Waals surface area contributed by atoms with Crippen LogP contribution >= 0.6 is 0 Å². The zero-order chi connectivity index (χ0) is 14.6. The summed E-state index contributed by atoms with van der Waals surface area (Å²) in [6.45, 7) is 4.76. The molecule has 3 nitrogen and oxygen atoms in total. The third-order valence-corrected chi connectivity index (χ3v) is 2.52. The van der Waals surface area contributed by atoms with Crippen molar-refractivity contribution in [1.29, 1.82) is 0 Å². The summed E-state index contributed by atoms with van der Waals surface area (Å²) in [5.41, 5.74) is -0.167. The Morgan fingerprint density at radius 1 is 1.37 bits per heavy atom. The Bertz CT molecular complexity index is 456. The first-order valence-electron chi connectivity index (χ1n) is 5.82. The van der Waals surface area contributed by atoms with Crippen LogP contribution < -0.4 is 5.32 Å². The maximum atomic E-state index is 12.7. The summed E-state index contributed by atoms with van der Waals surface area (Å²) in [5, 5.41) is 2.42. The van der Waals surface area contributed by atoms with E-state index in [0.717, 1.165) is 6.07 Å². The quantitative estimate of drug-likeness (QED) is 0.914. The van der Waals surface area contributed by atoms with E-state index in [9.17, 15) is 18.0 Å². The lowest BCUT2D eigenvalue weighted by Crippen LogP contribution is -2.26. The molecule has 0 aromatic heterocycles. The van der Waals surface area contributed by atoms with Gasteiger partial charge in [0.1, 0.15) is 0 Å². The first kappa shape index (κ1) is 15.3. The van der Waals surface area contributed by atoms with Crippen molar-refractivity contribution in [2.75, 3.05) is 0 Å². The molecule has 0 aliphatic carbocycles. The maximum Gasteiger partial charge on any atom is 0.416 e. The van der Waals surface area contributed by atoms with Crippen molar-refractivity contribution in [3.05, 3.63) is 34.9 Å². The standard InChI is InChI=1S/C13H16F3NO2/c1-8(2)19-12(18)17-7-10-5-4-6-11(9(10)3)13(14,15)16/h4-6,8H,7H2,1-3H3,(H,17,18). The minimum atomic E-state index is -4.39. The van der Waals surface area contributed by atoms with Crippen molar-refractivity contribution in [3.63, 3.8) is 0 Å². The molecule has 0 aliphatic rings. The van der Waals surface area contributed by atoms with Crippen molar-refractivity contribution < 1.29 is 22.7 Å². The Kier molecular flexibility index (Phi) is 4.80. The van der Waals surface area contributed by atoms with E-state index in [0.29, 0.717) is 5.56 Å². The average Bonchev–Trinajstić information content (AvgIpc) is 2.25. The van der Waals surface area contributed by atoms with E-state index < -0.39 is 17.8 Å². The molecule has 19 heavy (non-hydrogen) atoms. The molecule has 0 spiro atoms. The summed E-state index contributed by atoms with van der Waals surface area (Å²) in [4.78, 5) is 11.3. The van der Waals surface area contributed by atoms with Gasteiger partial charge in [0.15, 0.2) is 0 Å². The zero-order valence-corrected chi connectivity index (χ0v) is 11.0. The van der Waals surface area contributed by atoms with Crippen LogP contribution in [0.5, 0.6) is 0 Å². The number of alkyl carbamates (subject to hydrolysis) is 1. The molecule has 0 fully saturated rings. The number of carbonyl (C=O) groups excluding carboxylic acids is 1. The summed E-state index contributed by atoms with van der Waals surface area (Å²) in [6.07, 6.45) is -5.31. The van der Waals surface area contributed by atoms with Crippen LogP contribution in [0.15, 0.2) is 18.2 Å². The highest BCUT2D eigenvalue weighted by Crippen LogP contribution is 2.32. The van der Waals surface area contributed by atoms with Crippen LogP contribution in [0.25, 0.3) is 0 Å². The highest BCUT2D eigenvalue weighted by Gasteiger charge is 2.32. The largest absolute Gasteiger partial charge is 0.447 e. The van der Waals surface area contributed by atoms with Crippen LogP contribution in [-0.4, -0.2) is 12.2 Å². The summed E-state index contributed by atoms with van der Waals surface area (Å²) in [6, 6.07) is 3.88. The molecule has 1 aromatic carbocycles. The molecule has 0 heterocycles. The molecule has 1 N–H and O–H groups in total. The number of carbonyl (C=O) groups is 1. The number of ether oxygens (including phenoxy) is 1. The van der Waals surface area contributed by atoms with E-state index in [1.807, 2.05) is 0 Å². The molecule has 0 bridgehead atoms. The summed E-state index contributed by atoms with van der Waals surface area (Å²) in [7, 11) is 0. The van der Waals surface area contributed by atoms with Crippen molar-refractivity contribution in [2.24, 2.45) is 0 Å². The summed E-state index contributed by atoms with van der Waals surface area (Å²) in [5.74, 6) is 0. The Morgan fingerprint density at radius 2 is 2.00 bits per heavy atom. The minimum absolute atomic E-state index is 0.00130. The molecule has 0 aliphatic heterocycles. The zero-order valence-electron chi connectivity index (χ0n) is 11.0. The van der Waals surface area contributed by atoms with Crippen LogP contribution in [0, 0.1) is 6.92 Å². The molecule has 1 rings (SSSR count). The molecule has 6 heteroatoms. The lowest BCUT2D eigenvalue weighted by molar-refractivity contribution is -0.138. The number of amides is 1. The fraction of sp³-hybridized carbons (Fsp3) is 0.462. The molecule has 106 valence electrons. The van der Waals surface area contributed by atoms with E-state index in [1.54, 1.807) is 19.9 Å². The first-order chi connectivity index (χ1) is 8.71. The van der Waals surface area contributed by atoms with E-state index in [-0.39, 0.29) is 18.2 Å². The van der Waals surface area contributed by atoms with Gasteiger partial charge < -0.3 is 10.1 Å². The molecule has 0 saturated heterocycles. The molecule has 0 atom stereocenters. The van der Waals surface area contributed by atoms with Crippen molar-refractivity contribution >= 4 is 6.09 Å². The van der Waals surface area contributed by atoms with Gasteiger partial charge in [0.25, 0.3) is 0 Å². The second-order valence-electron chi connectivity index (χ2n) is 4.40. The van der Waals surface area contributed by atoms with E-state index in [1.165, 1.54) is 13.0 Å². The number of nitrogens with one attached hydrogen (secondary N) is 1. The summed E-state index contributed by atoms with van der Waals surface area (Å²) >= 11 is 0. The predicted octanol–water partition coefficient (Wildman–Crippen LogP) is 3.65. The SMILES string of the molecule is Cc1c(CNC(=O)OC(C)C)cccc1C(F)(F)F. The molecular weight excluding hydrogens is 259 g/mol. The number of hydrogen-bond acceptors (Lipinski definition) is 2. The Balaban J connectivity index is 2.78. The topological polar surface area (TPSA) is 38.3 Å². The fourth-order valence-electron chi connectivity index (χ4n) is 1.61. The van der Waals surface area contributed by atoms with Crippen LogP contribution in [0.1, 0.15) is 30.5 Å². The third-order valence-electron chi connectivity index (χ3n) is 2.52. The lowest BCUT2D eigenvalue weighted by atomic mass is 10.0. The minimum Gasteiger partial charge on any atom is -0.447 e. The summed E-state index contributed by atoms with van der Waals surface area (Å²) < 4.78 is 42.9. The Hall–Kier alpha value is -1.72. The van der Waals surface area contributed by atoms with Crippen LogP contribution in [-0.2, 0) is 17.5 Å². The molecule has 0 radical (unpaired) electrons. The molecular formula is C13H16F3NO2. The molecule has 0 saturated carbocycles. The highest BCUT2D eigenvalue weighted by atomic mass is 19.4. The second-order valence-corrected chi connectivity index (χ2v) is 4.40. The van der Waals surface area contributed by atoms with Gasteiger partial charge in [0.05, 0.1) is 11.7 Å². The number of alkyl halides is 3. The average molecular weight is 275 g/mol. The number of rotatable bonds is 3. The van der Waals surface area contributed by atoms with Gasteiger partial charge in [-0.1, -0.05) is 12.1 Å². The smallest absolute Gasteiger partial charge is 0.416 e. The van der Waals surface area contributed by atoms with Gasteiger partial charge in [-0.05, 0) is 38.0 Å². The van der Waals surface area contributed by atoms with Crippen LogP contribution in [0.4, 0.5) is 18.0 Å². The number of benzene rings is 1. The normalized spacial score (nSPS) is 11.5. The first-order valence-corrected chi connectivity index (χ1v) is 5.82. The van der Waals surface area contributed by atoms with Gasteiger partial charge in [-0.25, -0.2) is 4.79 Å². The van der Waals surface area contributed by atoms with Crippen LogP contribution in [0.3, 0.4) is 0 Å². The highest BCUT2D eigenvalue weighted by molar-refractivity contribution is 5.67. The van der Waals surface area contributed by atoms with Gasteiger partial charge in [0.2, 0.25) is 0 Å². The third kappa shape index (κ3) is 4.46. The van der Waals surface area contributed by atoms with Gasteiger partial charge in [-0.3, -0.25) is 0 Å². The second kappa shape index (κ2) is 5.95. The van der Waals surface area contributed by atoms with Gasteiger partial charge in [-0.15, -0.1) is 0 Å². The van der Waals surface area contributed by atoms with E-state index in [2.05, 4.69) is 5.32 Å². The molecule has 0 unspecified atom stereocenters. The Morgan fingerprint density at radius 3 is 2.53 bits per heavy atom. The number of halogens is 3. The van der Waals surface area contributed by atoms with E-state index >= 15 is 0 Å². The van der Waals surface area contributed by atoms with Crippen molar-refractivity contribution in [2.45, 2.75) is 39.6 Å². The van der Waals surface area contributed by atoms with Gasteiger partial charge >= 0.3 is 12.3 Å². The molecule has 1 amide bonds. The fourth-order valence-corrected chi connectivity index (χ4v) is 1.61. The molecule has 1 aromatic rings. The van der Waals surface area contributed by atoms with Gasteiger partial charge in [0, 0.05) is 6.54 Å². The monoisotopic (exact) mass is 275 g/mol. The van der Waals surface area contributed by atoms with Crippen molar-refractivity contribution in [3.8, 4) is 0 Å². The predicted molar refractivity (Wildman–Crippen MR) is 64.6 cm³/mol. The Labute approximate surface area is 109 Å². The van der Waals surface area contributed by atoms with E-state index in [4.69, 9.17) is 4.74 Å². The van der Waals surface area contributed by atoms with Crippen molar-refractivity contribution in [1.82, 2.24) is 5.32 Å².